The van der Waals surface area contributed by atoms with Crippen LogP contribution in [0.2, 0.25) is 5.02 Å². The topological polar surface area (TPSA) is 17.1 Å². The molecule has 0 saturated heterocycles. The molecule has 0 atom stereocenters. The zero-order chi connectivity index (χ0) is 10.1. The average Bonchev–Trinajstić information content (AvgIpc) is 2.38. The van der Waals surface area contributed by atoms with E-state index in [4.69, 9.17) is 11.6 Å². The molecule has 2 heteroatoms. The lowest BCUT2D eigenvalue weighted by molar-refractivity contribution is 0.101. The number of ketones is 1. The first-order valence-corrected chi connectivity index (χ1v) is 4.76. The number of halogens is 1. The van der Waals surface area contributed by atoms with Crippen LogP contribution in [0.1, 0.15) is 17.3 Å². The first-order valence-electron chi connectivity index (χ1n) is 4.38. The fourth-order valence-corrected chi connectivity index (χ4v) is 1.84. The predicted molar refractivity (Wildman–Crippen MR) is 58.1 cm³/mol. The molecule has 2 rings (SSSR count). The van der Waals surface area contributed by atoms with E-state index in [9.17, 15) is 4.79 Å². The summed E-state index contributed by atoms with van der Waals surface area (Å²) in [6.45, 7) is 1.55. The maximum Gasteiger partial charge on any atom is 0.160 e. The number of hydrogen-bond donors (Lipinski definition) is 0. The first-order chi connectivity index (χ1) is 6.70. The molecule has 0 aromatic carbocycles. The standard InChI is InChI=1S/C12H9ClO/c1-8(14)11-7-12(13)10-6-4-2-3-5-9(10)11/h2-7H,1H3. The zero-order valence-corrected chi connectivity index (χ0v) is 8.51. The van der Waals surface area contributed by atoms with Crippen molar-refractivity contribution in [2.45, 2.75) is 6.92 Å². The summed E-state index contributed by atoms with van der Waals surface area (Å²) in [6, 6.07) is 11.3. The molecule has 0 aromatic heterocycles. The molecule has 0 aliphatic heterocycles. The molecule has 70 valence electrons. The van der Waals surface area contributed by atoms with Crippen LogP contribution < -0.4 is 0 Å². The first kappa shape index (κ1) is 9.22. The molecule has 0 heterocycles. The van der Waals surface area contributed by atoms with E-state index in [1.165, 1.54) is 0 Å². The molecule has 0 fully saturated rings. The van der Waals surface area contributed by atoms with E-state index in [0.717, 1.165) is 11.1 Å². The third-order valence-corrected chi connectivity index (χ3v) is 2.55. The Hall–Kier alpha value is -1.34. The normalized spacial score (nSPS) is 10.4. The van der Waals surface area contributed by atoms with Gasteiger partial charge in [-0.25, -0.2) is 0 Å². The van der Waals surface area contributed by atoms with Gasteiger partial charge in [-0.1, -0.05) is 41.9 Å². The van der Waals surface area contributed by atoms with Crippen LogP contribution >= 0.6 is 11.6 Å². The van der Waals surface area contributed by atoms with Crippen LogP contribution in [0.15, 0.2) is 36.4 Å². The van der Waals surface area contributed by atoms with Crippen molar-refractivity contribution in [2.24, 2.45) is 0 Å². The van der Waals surface area contributed by atoms with Gasteiger partial charge >= 0.3 is 0 Å². The van der Waals surface area contributed by atoms with Crippen LogP contribution in [0.5, 0.6) is 0 Å². The van der Waals surface area contributed by atoms with Gasteiger partial charge in [-0.05, 0) is 18.6 Å². The molecule has 0 radical (unpaired) electrons. The summed E-state index contributed by atoms with van der Waals surface area (Å²) in [4.78, 5) is 11.3. The monoisotopic (exact) mass is 204 g/mol. The second-order valence-electron chi connectivity index (χ2n) is 3.20. The highest BCUT2D eigenvalue weighted by Gasteiger charge is 2.15. The van der Waals surface area contributed by atoms with Crippen molar-refractivity contribution in [3.05, 3.63) is 47.0 Å². The summed E-state index contributed by atoms with van der Waals surface area (Å²) < 4.78 is 0. The Labute approximate surface area is 87.7 Å². The molecule has 0 unspecified atom stereocenters. The fraction of sp³-hybridized carbons (Fsp3) is 0.0833. The molecule has 0 bridgehead atoms. The highest BCUT2D eigenvalue weighted by Crippen LogP contribution is 2.35. The van der Waals surface area contributed by atoms with Crippen LogP contribution in [-0.4, -0.2) is 5.78 Å². The third-order valence-electron chi connectivity index (χ3n) is 2.24. The van der Waals surface area contributed by atoms with Crippen LogP contribution in [0.3, 0.4) is 0 Å². The number of carbonyl (C=O) groups is 1. The average molecular weight is 205 g/mol. The van der Waals surface area contributed by atoms with Crippen molar-refractivity contribution in [1.82, 2.24) is 0 Å². The van der Waals surface area contributed by atoms with Gasteiger partial charge < -0.3 is 0 Å². The molecule has 2 aliphatic rings. The molecule has 0 N–H and O–H groups in total. The summed E-state index contributed by atoms with van der Waals surface area (Å²) in [5.41, 5.74) is 2.55. The van der Waals surface area contributed by atoms with Gasteiger partial charge in [0.15, 0.2) is 5.78 Å². The minimum atomic E-state index is 0.0492. The van der Waals surface area contributed by atoms with Gasteiger partial charge in [0, 0.05) is 16.1 Å². The van der Waals surface area contributed by atoms with Crippen molar-refractivity contribution < 1.29 is 4.79 Å². The van der Waals surface area contributed by atoms with Crippen LogP contribution in [-0.2, 0) is 0 Å². The van der Waals surface area contributed by atoms with Crippen molar-refractivity contribution in [2.75, 3.05) is 0 Å². The van der Waals surface area contributed by atoms with E-state index in [1.807, 2.05) is 30.3 Å². The van der Waals surface area contributed by atoms with E-state index in [-0.39, 0.29) is 5.78 Å². The van der Waals surface area contributed by atoms with Crippen molar-refractivity contribution >= 4 is 17.4 Å². The predicted octanol–water partition coefficient (Wildman–Crippen LogP) is 3.65. The molecule has 0 saturated carbocycles. The Bertz CT molecular complexity index is 462. The maximum absolute atomic E-state index is 11.3. The van der Waals surface area contributed by atoms with Gasteiger partial charge in [-0.15, -0.1) is 0 Å². The molecule has 0 spiro atoms. The lowest BCUT2D eigenvalue weighted by atomic mass is 10.1. The maximum atomic E-state index is 11.3. The second-order valence-corrected chi connectivity index (χ2v) is 3.61. The minimum absolute atomic E-state index is 0.0492. The van der Waals surface area contributed by atoms with E-state index < -0.39 is 0 Å². The number of carbonyl (C=O) groups excluding carboxylic acids is 1. The molecule has 1 nitrogen and oxygen atoms in total. The Kier molecular flexibility index (Phi) is 2.26. The van der Waals surface area contributed by atoms with Gasteiger partial charge in [0.05, 0.1) is 0 Å². The summed E-state index contributed by atoms with van der Waals surface area (Å²) in [5.74, 6) is 0.0492. The van der Waals surface area contributed by atoms with Gasteiger partial charge in [0.25, 0.3) is 0 Å². The molecule has 0 amide bonds. The van der Waals surface area contributed by atoms with Gasteiger partial charge in [-0.2, -0.15) is 0 Å². The van der Waals surface area contributed by atoms with Crippen molar-refractivity contribution in [1.29, 1.82) is 0 Å². The molecular formula is C12H9ClO. The molecule has 14 heavy (non-hydrogen) atoms. The van der Waals surface area contributed by atoms with E-state index >= 15 is 0 Å². The molecule has 0 aromatic rings. The molecule has 2 aliphatic carbocycles. The van der Waals surface area contributed by atoms with Crippen LogP contribution in [0.25, 0.3) is 11.1 Å². The summed E-state index contributed by atoms with van der Waals surface area (Å²) in [6.07, 6.45) is 0. The summed E-state index contributed by atoms with van der Waals surface area (Å²) in [7, 11) is 0. The highest BCUT2D eigenvalue weighted by atomic mass is 35.5. The fourth-order valence-electron chi connectivity index (χ4n) is 1.56. The van der Waals surface area contributed by atoms with Crippen molar-refractivity contribution in [3.8, 4) is 11.1 Å². The third kappa shape index (κ3) is 1.40. The SMILES string of the molecule is CC(=O)c1cc(Cl)c2cccccc1-2. The van der Waals surface area contributed by atoms with Gasteiger partial charge in [-0.3, -0.25) is 4.79 Å². The summed E-state index contributed by atoms with van der Waals surface area (Å²) >= 11 is 6.03. The van der Waals surface area contributed by atoms with Crippen molar-refractivity contribution in [3.63, 3.8) is 0 Å². The Morgan fingerprint density at radius 2 is 1.79 bits per heavy atom. The second kappa shape index (κ2) is 3.43. The quantitative estimate of drug-likeness (QED) is 0.648. The lowest BCUT2D eigenvalue weighted by Gasteiger charge is -1.95. The van der Waals surface area contributed by atoms with E-state index in [0.29, 0.717) is 10.6 Å². The number of rotatable bonds is 1. The molecular weight excluding hydrogens is 196 g/mol. The number of hydrogen-bond acceptors (Lipinski definition) is 1. The Balaban J connectivity index is 2.76. The van der Waals surface area contributed by atoms with Gasteiger partial charge in [0.1, 0.15) is 0 Å². The minimum Gasteiger partial charge on any atom is -0.294 e. The number of fused-ring (bicyclic) bond motifs is 1. The number of Topliss-reactive ketones (excluding diaryl/α,β-unsaturated/α-hetero) is 1. The largest absolute Gasteiger partial charge is 0.294 e. The van der Waals surface area contributed by atoms with Crippen LogP contribution in [0.4, 0.5) is 0 Å². The smallest absolute Gasteiger partial charge is 0.160 e. The highest BCUT2D eigenvalue weighted by molar-refractivity contribution is 6.35. The van der Waals surface area contributed by atoms with E-state index in [2.05, 4.69) is 0 Å². The van der Waals surface area contributed by atoms with Crippen LogP contribution in [0, 0.1) is 0 Å². The lowest BCUT2D eigenvalue weighted by Crippen LogP contribution is -1.89. The zero-order valence-electron chi connectivity index (χ0n) is 7.75. The van der Waals surface area contributed by atoms with Gasteiger partial charge in [0.2, 0.25) is 0 Å². The Morgan fingerprint density at radius 3 is 2.43 bits per heavy atom. The Morgan fingerprint density at radius 1 is 1.14 bits per heavy atom. The summed E-state index contributed by atoms with van der Waals surface area (Å²) in [5, 5.41) is 0.640. The van der Waals surface area contributed by atoms with E-state index in [1.54, 1.807) is 13.0 Å².